The zero-order chi connectivity index (χ0) is 16.7. The summed E-state index contributed by atoms with van der Waals surface area (Å²) in [7, 11) is 1.48. The van der Waals surface area contributed by atoms with Gasteiger partial charge in [0.15, 0.2) is 0 Å². The van der Waals surface area contributed by atoms with E-state index in [1.807, 2.05) is 13.0 Å². The van der Waals surface area contributed by atoms with Crippen molar-refractivity contribution in [3.8, 4) is 5.75 Å². The van der Waals surface area contributed by atoms with E-state index in [4.69, 9.17) is 4.74 Å². The minimum atomic E-state index is -4.44. The van der Waals surface area contributed by atoms with Crippen LogP contribution in [-0.4, -0.2) is 19.5 Å². The van der Waals surface area contributed by atoms with E-state index < -0.39 is 11.6 Å². The Morgan fingerprint density at radius 1 is 1.09 bits per heavy atom. The third-order valence-electron chi connectivity index (χ3n) is 4.38. The molecule has 2 aromatic rings. The number of aryl methyl sites for hydroxylation is 1. The third-order valence-corrected chi connectivity index (χ3v) is 4.38. The van der Waals surface area contributed by atoms with E-state index in [1.165, 1.54) is 19.2 Å². The number of ether oxygens (including phenoxy) is 1. The Kier molecular flexibility index (Phi) is 3.66. The van der Waals surface area contributed by atoms with Gasteiger partial charge < -0.3 is 4.74 Å². The number of fused-ring (bicyclic) bond motifs is 1. The number of hydrogen-bond donors (Lipinski definition) is 0. The molecule has 0 spiro atoms. The van der Waals surface area contributed by atoms with E-state index in [1.54, 1.807) is 24.3 Å². The molecule has 0 aliphatic carbocycles. The zero-order valence-corrected chi connectivity index (χ0v) is 12.8. The number of hydrogen-bond acceptors (Lipinski definition) is 2. The van der Waals surface area contributed by atoms with Gasteiger partial charge in [-0.05, 0) is 48.2 Å². The summed E-state index contributed by atoms with van der Waals surface area (Å²) in [4.78, 5) is 4.12. The van der Waals surface area contributed by atoms with Gasteiger partial charge in [-0.2, -0.15) is 13.2 Å². The van der Waals surface area contributed by atoms with Crippen LogP contribution in [-0.2, 0) is 11.8 Å². The van der Waals surface area contributed by atoms with E-state index >= 15 is 0 Å². The first kappa shape index (κ1) is 15.6. The summed E-state index contributed by atoms with van der Waals surface area (Å²) >= 11 is 0. The van der Waals surface area contributed by atoms with Crippen molar-refractivity contribution in [2.24, 2.45) is 4.99 Å². The SMILES string of the molecule is COc1ccc([C@@]2(C(F)(F)F)C=Nc3cccc(C)c3C2)cc1. The fourth-order valence-electron chi connectivity index (χ4n) is 2.94. The van der Waals surface area contributed by atoms with Crippen molar-refractivity contribution in [1.82, 2.24) is 0 Å². The molecule has 5 heteroatoms. The smallest absolute Gasteiger partial charge is 0.403 e. The van der Waals surface area contributed by atoms with Crippen LogP contribution in [0.3, 0.4) is 0 Å². The van der Waals surface area contributed by atoms with Crippen molar-refractivity contribution < 1.29 is 17.9 Å². The van der Waals surface area contributed by atoms with Gasteiger partial charge >= 0.3 is 6.18 Å². The highest BCUT2D eigenvalue weighted by Crippen LogP contribution is 2.47. The van der Waals surface area contributed by atoms with Gasteiger partial charge in [-0.25, -0.2) is 0 Å². The van der Waals surface area contributed by atoms with Crippen molar-refractivity contribution in [2.45, 2.75) is 24.9 Å². The molecule has 1 atom stereocenters. The molecule has 2 nitrogen and oxygen atoms in total. The monoisotopic (exact) mass is 319 g/mol. The summed E-state index contributed by atoms with van der Waals surface area (Å²) in [5.74, 6) is 0.524. The Morgan fingerprint density at radius 2 is 1.78 bits per heavy atom. The molecule has 120 valence electrons. The minimum absolute atomic E-state index is 0.145. The lowest BCUT2D eigenvalue weighted by Crippen LogP contribution is -2.47. The summed E-state index contributed by atoms with van der Waals surface area (Å²) in [6.45, 7) is 1.81. The molecule has 0 radical (unpaired) electrons. The number of aliphatic imine (C=N–C) groups is 1. The average molecular weight is 319 g/mol. The molecule has 0 bridgehead atoms. The molecule has 0 amide bonds. The largest absolute Gasteiger partial charge is 0.497 e. The summed E-state index contributed by atoms with van der Waals surface area (Å²) in [6, 6.07) is 11.4. The van der Waals surface area contributed by atoms with E-state index in [0.717, 1.165) is 11.8 Å². The second-order valence-corrected chi connectivity index (χ2v) is 5.71. The van der Waals surface area contributed by atoms with Gasteiger partial charge in [-0.1, -0.05) is 24.3 Å². The summed E-state index contributed by atoms with van der Waals surface area (Å²) in [5, 5.41) is 0. The number of alkyl halides is 3. The van der Waals surface area contributed by atoms with Gasteiger partial charge in [0.1, 0.15) is 11.2 Å². The van der Waals surface area contributed by atoms with Crippen molar-refractivity contribution in [2.75, 3.05) is 7.11 Å². The highest BCUT2D eigenvalue weighted by atomic mass is 19.4. The van der Waals surface area contributed by atoms with Crippen LogP contribution in [0.5, 0.6) is 5.75 Å². The topological polar surface area (TPSA) is 21.6 Å². The highest BCUT2D eigenvalue weighted by molar-refractivity contribution is 5.82. The first-order chi connectivity index (χ1) is 10.9. The third kappa shape index (κ3) is 2.50. The predicted octanol–water partition coefficient (Wildman–Crippen LogP) is 4.76. The molecule has 1 aliphatic heterocycles. The van der Waals surface area contributed by atoms with Gasteiger partial charge in [-0.15, -0.1) is 0 Å². The van der Waals surface area contributed by atoms with Crippen LogP contribution in [0.15, 0.2) is 47.5 Å². The average Bonchev–Trinajstić information content (AvgIpc) is 2.54. The lowest BCUT2D eigenvalue weighted by Gasteiger charge is -2.36. The van der Waals surface area contributed by atoms with E-state index in [0.29, 0.717) is 17.0 Å². The maximum absolute atomic E-state index is 14.0. The molecular weight excluding hydrogens is 303 g/mol. The van der Waals surface area contributed by atoms with Gasteiger partial charge in [-0.3, -0.25) is 4.99 Å². The molecule has 0 N–H and O–H groups in total. The van der Waals surface area contributed by atoms with Crippen LogP contribution in [0, 0.1) is 6.92 Å². The fraction of sp³-hybridized carbons (Fsp3) is 0.278. The van der Waals surface area contributed by atoms with E-state index in [9.17, 15) is 13.2 Å². The number of rotatable bonds is 2. The highest BCUT2D eigenvalue weighted by Gasteiger charge is 2.56. The van der Waals surface area contributed by atoms with Crippen molar-refractivity contribution in [3.05, 3.63) is 59.2 Å². The molecular formula is C18H16F3NO. The van der Waals surface area contributed by atoms with Crippen LogP contribution in [0.4, 0.5) is 18.9 Å². The number of nitrogens with zero attached hydrogens (tertiary/aromatic N) is 1. The molecule has 1 aliphatic rings. The summed E-state index contributed by atoms with van der Waals surface area (Å²) in [5.41, 5.74) is 0.129. The number of methoxy groups -OCH3 is 1. The Hall–Kier alpha value is -2.30. The first-order valence-corrected chi connectivity index (χ1v) is 7.22. The van der Waals surface area contributed by atoms with Gasteiger partial charge in [0.25, 0.3) is 0 Å². The second-order valence-electron chi connectivity index (χ2n) is 5.71. The maximum atomic E-state index is 14.0. The second kappa shape index (κ2) is 5.41. The predicted molar refractivity (Wildman–Crippen MR) is 83.8 cm³/mol. The number of benzene rings is 2. The molecule has 3 rings (SSSR count). The van der Waals surface area contributed by atoms with Crippen molar-refractivity contribution in [1.29, 1.82) is 0 Å². The molecule has 0 fully saturated rings. The lowest BCUT2D eigenvalue weighted by atomic mass is 9.73. The summed E-state index contributed by atoms with van der Waals surface area (Å²) < 4.78 is 46.9. The van der Waals surface area contributed by atoms with E-state index in [-0.39, 0.29) is 12.0 Å². The van der Waals surface area contributed by atoms with Gasteiger partial charge in [0.2, 0.25) is 0 Å². The maximum Gasteiger partial charge on any atom is 0.403 e. The van der Waals surface area contributed by atoms with Crippen LogP contribution in [0.2, 0.25) is 0 Å². The first-order valence-electron chi connectivity index (χ1n) is 7.22. The van der Waals surface area contributed by atoms with Crippen LogP contribution >= 0.6 is 0 Å². The molecule has 2 aromatic carbocycles. The molecule has 0 saturated carbocycles. The lowest BCUT2D eigenvalue weighted by molar-refractivity contribution is -0.168. The van der Waals surface area contributed by atoms with Gasteiger partial charge in [0, 0.05) is 6.21 Å². The Balaban J connectivity index is 2.15. The van der Waals surface area contributed by atoms with Crippen molar-refractivity contribution in [3.63, 3.8) is 0 Å². The van der Waals surface area contributed by atoms with Crippen LogP contribution in [0.25, 0.3) is 0 Å². The Labute approximate surface area is 132 Å². The normalized spacial score (nSPS) is 20.2. The minimum Gasteiger partial charge on any atom is -0.497 e. The van der Waals surface area contributed by atoms with Gasteiger partial charge in [0.05, 0.1) is 12.8 Å². The van der Waals surface area contributed by atoms with Crippen LogP contribution < -0.4 is 4.74 Å². The standard InChI is InChI=1S/C18H16F3NO/c1-12-4-3-5-16-15(12)10-17(11-22-16,18(19,20)21)13-6-8-14(23-2)9-7-13/h3-9,11H,10H2,1-2H3/t17-/m0/s1. The molecule has 23 heavy (non-hydrogen) atoms. The molecule has 0 saturated heterocycles. The molecule has 0 aromatic heterocycles. The number of halogens is 3. The molecule has 0 unspecified atom stereocenters. The van der Waals surface area contributed by atoms with Crippen molar-refractivity contribution >= 4 is 11.9 Å². The fourth-order valence-corrected chi connectivity index (χ4v) is 2.94. The van der Waals surface area contributed by atoms with Crippen LogP contribution in [0.1, 0.15) is 16.7 Å². The van der Waals surface area contributed by atoms with E-state index in [2.05, 4.69) is 4.99 Å². The Morgan fingerprint density at radius 3 is 2.39 bits per heavy atom. The summed E-state index contributed by atoms with van der Waals surface area (Å²) in [6.07, 6.45) is -3.55. The quantitative estimate of drug-likeness (QED) is 0.782. The Bertz CT molecular complexity index is 750. The zero-order valence-electron chi connectivity index (χ0n) is 12.8. The molecule has 1 heterocycles.